The minimum absolute atomic E-state index is 0.155. The van der Waals surface area contributed by atoms with Crippen molar-refractivity contribution in [3.8, 4) is 0 Å². The zero-order chi connectivity index (χ0) is 10.8. The summed E-state index contributed by atoms with van der Waals surface area (Å²) in [6, 6.07) is 0.733. The molecule has 0 aromatic carbocycles. The Bertz CT molecular complexity index is 242. The standard InChI is InChI=1S/C12H21NO2/c1-9(14)8-10-4-3-7-13(10)11-5-2-6-12(11)15/h10-12,15H,2-8H2,1H3. The van der Waals surface area contributed by atoms with Crippen molar-refractivity contribution in [2.75, 3.05) is 6.54 Å². The lowest BCUT2D eigenvalue weighted by Gasteiger charge is -2.32. The first kappa shape index (κ1) is 11.1. The average molecular weight is 211 g/mol. The molecule has 0 radical (unpaired) electrons. The van der Waals surface area contributed by atoms with E-state index in [9.17, 15) is 9.90 Å². The number of ketones is 1. The van der Waals surface area contributed by atoms with E-state index in [1.54, 1.807) is 6.92 Å². The smallest absolute Gasteiger partial charge is 0.131 e. The Morgan fingerprint density at radius 3 is 2.73 bits per heavy atom. The molecule has 86 valence electrons. The van der Waals surface area contributed by atoms with E-state index in [1.807, 2.05) is 0 Å². The van der Waals surface area contributed by atoms with Crippen LogP contribution in [0.1, 0.15) is 45.4 Å². The molecule has 1 saturated heterocycles. The van der Waals surface area contributed by atoms with E-state index in [0.717, 1.165) is 32.2 Å². The summed E-state index contributed by atoms with van der Waals surface area (Å²) in [5, 5.41) is 9.87. The van der Waals surface area contributed by atoms with Gasteiger partial charge in [-0.3, -0.25) is 9.69 Å². The molecule has 3 atom stereocenters. The lowest BCUT2D eigenvalue weighted by molar-refractivity contribution is -0.118. The van der Waals surface area contributed by atoms with Crippen LogP contribution in [0.5, 0.6) is 0 Å². The molecule has 2 fully saturated rings. The fourth-order valence-corrected chi connectivity index (χ4v) is 3.15. The van der Waals surface area contributed by atoms with Gasteiger partial charge in [0.2, 0.25) is 0 Å². The largest absolute Gasteiger partial charge is 0.391 e. The quantitative estimate of drug-likeness (QED) is 0.766. The number of carbonyl (C=O) groups is 1. The summed E-state index contributed by atoms with van der Waals surface area (Å²) >= 11 is 0. The van der Waals surface area contributed by atoms with Gasteiger partial charge in [-0.2, -0.15) is 0 Å². The summed E-state index contributed by atoms with van der Waals surface area (Å²) in [5.74, 6) is 0.277. The summed E-state index contributed by atoms with van der Waals surface area (Å²) in [4.78, 5) is 13.5. The highest BCUT2D eigenvalue weighted by atomic mass is 16.3. The van der Waals surface area contributed by atoms with Gasteiger partial charge in [-0.25, -0.2) is 0 Å². The van der Waals surface area contributed by atoms with Crippen molar-refractivity contribution in [3.63, 3.8) is 0 Å². The van der Waals surface area contributed by atoms with Crippen LogP contribution >= 0.6 is 0 Å². The topological polar surface area (TPSA) is 40.5 Å². The molecule has 0 aromatic rings. The van der Waals surface area contributed by atoms with E-state index in [4.69, 9.17) is 0 Å². The van der Waals surface area contributed by atoms with E-state index < -0.39 is 0 Å². The van der Waals surface area contributed by atoms with E-state index in [0.29, 0.717) is 18.5 Å². The third kappa shape index (κ3) is 2.40. The second-order valence-corrected chi connectivity index (χ2v) is 5.01. The molecule has 3 unspecified atom stereocenters. The molecule has 0 aromatic heterocycles. The van der Waals surface area contributed by atoms with Crippen LogP contribution in [0.3, 0.4) is 0 Å². The Morgan fingerprint density at radius 2 is 2.13 bits per heavy atom. The second kappa shape index (κ2) is 4.62. The summed E-state index contributed by atoms with van der Waals surface area (Å²) in [7, 11) is 0. The molecule has 1 saturated carbocycles. The monoisotopic (exact) mass is 211 g/mol. The third-order valence-corrected chi connectivity index (χ3v) is 3.82. The third-order valence-electron chi connectivity index (χ3n) is 3.82. The molecule has 3 heteroatoms. The lowest BCUT2D eigenvalue weighted by Crippen LogP contribution is -2.43. The fraction of sp³-hybridized carbons (Fsp3) is 0.917. The van der Waals surface area contributed by atoms with Crippen molar-refractivity contribution in [1.82, 2.24) is 4.90 Å². The number of rotatable bonds is 3. The highest BCUT2D eigenvalue weighted by Gasteiger charge is 2.37. The van der Waals surface area contributed by atoms with Crippen LogP contribution in [-0.4, -0.2) is 40.5 Å². The zero-order valence-corrected chi connectivity index (χ0v) is 9.48. The average Bonchev–Trinajstić information content (AvgIpc) is 2.73. The van der Waals surface area contributed by atoms with Gasteiger partial charge in [0.05, 0.1) is 6.10 Å². The van der Waals surface area contributed by atoms with Crippen molar-refractivity contribution in [2.45, 2.75) is 63.6 Å². The van der Waals surface area contributed by atoms with Gasteiger partial charge in [-0.15, -0.1) is 0 Å². The molecular weight excluding hydrogens is 190 g/mol. The van der Waals surface area contributed by atoms with Crippen LogP contribution in [0.25, 0.3) is 0 Å². The van der Waals surface area contributed by atoms with Gasteiger partial charge in [0.25, 0.3) is 0 Å². The van der Waals surface area contributed by atoms with Crippen molar-refractivity contribution in [1.29, 1.82) is 0 Å². The van der Waals surface area contributed by atoms with Crippen molar-refractivity contribution >= 4 is 5.78 Å². The first-order valence-corrected chi connectivity index (χ1v) is 6.11. The summed E-state index contributed by atoms with van der Waals surface area (Å²) in [5.41, 5.74) is 0. The highest BCUT2D eigenvalue weighted by molar-refractivity contribution is 5.76. The Morgan fingerprint density at radius 1 is 1.33 bits per heavy atom. The van der Waals surface area contributed by atoms with Gasteiger partial charge in [0.15, 0.2) is 0 Å². The Labute approximate surface area is 91.5 Å². The molecule has 1 aliphatic carbocycles. The van der Waals surface area contributed by atoms with Crippen LogP contribution in [0.4, 0.5) is 0 Å². The molecule has 1 aliphatic heterocycles. The predicted molar refractivity (Wildman–Crippen MR) is 58.7 cm³/mol. The van der Waals surface area contributed by atoms with Crippen LogP contribution < -0.4 is 0 Å². The Kier molecular flexibility index (Phi) is 3.42. The van der Waals surface area contributed by atoms with E-state index in [-0.39, 0.29) is 11.9 Å². The molecule has 1 N–H and O–H groups in total. The molecule has 3 nitrogen and oxygen atoms in total. The van der Waals surface area contributed by atoms with E-state index in [2.05, 4.69) is 4.90 Å². The lowest BCUT2D eigenvalue weighted by atomic mass is 10.1. The molecule has 0 spiro atoms. The molecular formula is C12H21NO2. The number of likely N-dealkylation sites (tertiary alicyclic amines) is 1. The van der Waals surface area contributed by atoms with Crippen molar-refractivity contribution in [2.24, 2.45) is 0 Å². The summed E-state index contributed by atoms with van der Waals surface area (Å²) in [6.07, 6.45) is 6.00. The van der Waals surface area contributed by atoms with Gasteiger partial charge in [0, 0.05) is 18.5 Å². The molecule has 15 heavy (non-hydrogen) atoms. The van der Waals surface area contributed by atoms with Gasteiger partial charge < -0.3 is 5.11 Å². The zero-order valence-electron chi connectivity index (χ0n) is 9.48. The Hall–Kier alpha value is -0.410. The van der Waals surface area contributed by atoms with Crippen molar-refractivity contribution < 1.29 is 9.90 Å². The maximum atomic E-state index is 11.2. The first-order valence-electron chi connectivity index (χ1n) is 6.11. The van der Waals surface area contributed by atoms with Gasteiger partial charge in [-0.05, 0) is 45.6 Å². The predicted octanol–water partition coefficient (Wildman–Crippen LogP) is 1.34. The number of nitrogens with zero attached hydrogens (tertiary/aromatic N) is 1. The molecule has 0 amide bonds. The minimum atomic E-state index is -0.155. The maximum absolute atomic E-state index is 11.2. The van der Waals surface area contributed by atoms with Crippen LogP contribution in [0.15, 0.2) is 0 Å². The first-order chi connectivity index (χ1) is 7.18. The molecule has 2 rings (SSSR count). The number of aliphatic hydroxyl groups is 1. The number of hydrogen-bond donors (Lipinski definition) is 1. The molecule has 1 heterocycles. The van der Waals surface area contributed by atoms with Crippen molar-refractivity contribution in [3.05, 3.63) is 0 Å². The van der Waals surface area contributed by atoms with E-state index >= 15 is 0 Å². The van der Waals surface area contributed by atoms with Gasteiger partial charge in [0.1, 0.15) is 5.78 Å². The number of carbonyl (C=O) groups excluding carboxylic acids is 1. The Balaban J connectivity index is 1.97. The van der Waals surface area contributed by atoms with Gasteiger partial charge in [-0.1, -0.05) is 0 Å². The number of Topliss-reactive ketones (excluding diaryl/α,β-unsaturated/α-hetero) is 1. The number of hydrogen-bond acceptors (Lipinski definition) is 3. The second-order valence-electron chi connectivity index (χ2n) is 5.01. The molecule has 2 aliphatic rings. The SMILES string of the molecule is CC(=O)CC1CCCN1C1CCCC1O. The van der Waals surface area contributed by atoms with Crippen LogP contribution in [0, 0.1) is 0 Å². The normalized spacial score (nSPS) is 37.3. The fourth-order valence-electron chi connectivity index (χ4n) is 3.15. The molecule has 0 bridgehead atoms. The summed E-state index contributed by atoms with van der Waals surface area (Å²) in [6.45, 7) is 2.74. The van der Waals surface area contributed by atoms with Gasteiger partial charge >= 0.3 is 0 Å². The minimum Gasteiger partial charge on any atom is -0.391 e. The van der Waals surface area contributed by atoms with Crippen LogP contribution in [0.2, 0.25) is 0 Å². The summed E-state index contributed by atoms with van der Waals surface area (Å²) < 4.78 is 0. The number of aliphatic hydroxyl groups excluding tert-OH is 1. The van der Waals surface area contributed by atoms with Crippen LogP contribution in [-0.2, 0) is 4.79 Å². The highest BCUT2D eigenvalue weighted by Crippen LogP contribution is 2.31. The van der Waals surface area contributed by atoms with E-state index in [1.165, 1.54) is 6.42 Å². The maximum Gasteiger partial charge on any atom is 0.131 e.